The van der Waals surface area contributed by atoms with Gasteiger partial charge in [0.2, 0.25) is 0 Å². The second-order valence-corrected chi connectivity index (χ2v) is 5.57. The second kappa shape index (κ2) is 5.25. The number of fused-ring (bicyclic) bond motifs is 1. The van der Waals surface area contributed by atoms with Gasteiger partial charge in [0.05, 0.1) is 22.8 Å². The Morgan fingerprint density at radius 1 is 1.62 bits per heavy atom. The van der Waals surface area contributed by atoms with Crippen molar-refractivity contribution in [2.45, 2.75) is 44.8 Å². The lowest BCUT2D eigenvalue weighted by Crippen LogP contribution is -2.21. The average molecular weight is 240 g/mol. The molecule has 0 saturated heterocycles. The molecule has 1 heterocycles. The van der Waals surface area contributed by atoms with E-state index >= 15 is 0 Å². The lowest BCUT2D eigenvalue weighted by atomic mass is 9.98. The maximum absolute atomic E-state index is 5.29. The van der Waals surface area contributed by atoms with Crippen molar-refractivity contribution in [1.29, 1.82) is 0 Å². The molecule has 0 aromatic carbocycles. The van der Waals surface area contributed by atoms with E-state index < -0.39 is 0 Å². The zero-order valence-corrected chi connectivity index (χ0v) is 11.1. The molecule has 0 spiro atoms. The quantitative estimate of drug-likeness (QED) is 0.877. The molecule has 0 saturated carbocycles. The molecule has 2 atom stereocenters. The standard InChI is InChI=1S/C12H20N2OS/c1-8(15-3)7-11-14-12-9(13-2)5-4-6-10(12)16-11/h8-9,13H,4-7H2,1-3H3. The third-order valence-electron chi connectivity index (χ3n) is 3.21. The van der Waals surface area contributed by atoms with Crippen LogP contribution in [0, 0.1) is 0 Å². The molecule has 1 aromatic rings. The summed E-state index contributed by atoms with van der Waals surface area (Å²) >= 11 is 1.87. The van der Waals surface area contributed by atoms with Crippen molar-refractivity contribution in [3.8, 4) is 0 Å². The highest BCUT2D eigenvalue weighted by Crippen LogP contribution is 2.33. The predicted octanol–water partition coefficient (Wildman–Crippen LogP) is 2.32. The fourth-order valence-electron chi connectivity index (χ4n) is 2.17. The minimum atomic E-state index is 0.264. The van der Waals surface area contributed by atoms with E-state index in [-0.39, 0.29) is 6.10 Å². The van der Waals surface area contributed by atoms with Gasteiger partial charge in [0, 0.05) is 18.4 Å². The lowest BCUT2D eigenvalue weighted by molar-refractivity contribution is 0.118. The maximum atomic E-state index is 5.29. The summed E-state index contributed by atoms with van der Waals surface area (Å²) in [7, 11) is 3.78. The van der Waals surface area contributed by atoms with E-state index in [1.165, 1.54) is 34.8 Å². The van der Waals surface area contributed by atoms with Crippen molar-refractivity contribution in [2.75, 3.05) is 14.2 Å². The van der Waals surface area contributed by atoms with Gasteiger partial charge in [0.1, 0.15) is 0 Å². The Morgan fingerprint density at radius 3 is 3.12 bits per heavy atom. The van der Waals surface area contributed by atoms with Crippen molar-refractivity contribution < 1.29 is 4.74 Å². The van der Waals surface area contributed by atoms with Gasteiger partial charge in [-0.3, -0.25) is 0 Å². The largest absolute Gasteiger partial charge is 0.381 e. The van der Waals surface area contributed by atoms with Gasteiger partial charge in [0.15, 0.2) is 0 Å². The molecule has 1 aliphatic rings. The van der Waals surface area contributed by atoms with Crippen LogP contribution < -0.4 is 5.32 Å². The van der Waals surface area contributed by atoms with Crippen LogP contribution in [-0.4, -0.2) is 25.2 Å². The van der Waals surface area contributed by atoms with Gasteiger partial charge in [0.25, 0.3) is 0 Å². The van der Waals surface area contributed by atoms with E-state index in [0.29, 0.717) is 6.04 Å². The van der Waals surface area contributed by atoms with Crippen LogP contribution in [0.2, 0.25) is 0 Å². The average Bonchev–Trinajstić information content (AvgIpc) is 2.70. The van der Waals surface area contributed by atoms with Crippen LogP contribution in [0.15, 0.2) is 0 Å². The van der Waals surface area contributed by atoms with E-state index in [0.717, 1.165) is 6.42 Å². The Balaban J connectivity index is 2.15. The number of ether oxygens (including phenoxy) is 1. The summed E-state index contributed by atoms with van der Waals surface area (Å²) in [6, 6.07) is 0.464. The van der Waals surface area contributed by atoms with E-state index in [1.807, 2.05) is 18.4 Å². The van der Waals surface area contributed by atoms with Crippen LogP contribution >= 0.6 is 11.3 Å². The molecule has 0 radical (unpaired) electrons. The molecule has 0 fully saturated rings. The van der Waals surface area contributed by atoms with Gasteiger partial charge in [-0.05, 0) is 33.2 Å². The number of methoxy groups -OCH3 is 1. The van der Waals surface area contributed by atoms with E-state index in [1.54, 1.807) is 7.11 Å². The molecule has 0 bridgehead atoms. The van der Waals surface area contributed by atoms with E-state index in [4.69, 9.17) is 9.72 Å². The first-order chi connectivity index (χ1) is 7.74. The molecule has 0 amide bonds. The van der Waals surface area contributed by atoms with Crippen LogP contribution in [0.1, 0.15) is 41.4 Å². The van der Waals surface area contributed by atoms with Crippen molar-refractivity contribution in [3.63, 3.8) is 0 Å². The molecule has 90 valence electrons. The first-order valence-electron chi connectivity index (χ1n) is 5.93. The Hall–Kier alpha value is -0.450. The van der Waals surface area contributed by atoms with Crippen LogP contribution in [0.25, 0.3) is 0 Å². The summed E-state index contributed by atoms with van der Waals surface area (Å²) in [5.74, 6) is 0. The Kier molecular flexibility index (Phi) is 3.95. The number of aromatic nitrogens is 1. The Morgan fingerprint density at radius 2 is 2.44 bits per heavy atom. The number of rotatable bonds is 4. The van der Waals surface area contributed by atoms with E-state index in [9.17, 15) is 0 Å². The van der Waals surface area contributed by atoms with E-state index in [2.05, 4.69) is 12.2 Å². The summed E-state index contributed by atoms with van der Waals surface area (Å²) in [6.45, 7) is 2.09. The van der Waals surface area contributed by atoms with Crippen molar-refractivity contribution in [3.05, 3.63) is 15.6 Å². The number of hydrogen-bond donors (Lipinski definition) is 1. The number of thiazole rings is 1. The summed E-state index contributed by atoms with van der Waals surface area (Å²) in [5, 5.41) is 4.58. The highest BCUT2D eigenvalue weighted by atomic mass is 32.1. The molecule has 16 heavy (non-hydrogen) atoms. The van der Waals surface area contributed by atoms with Crippen LogP contribution in [0.5, 0.6) is 0 Å². The minimum absolute atomic E-state index is 0.264. The topological polar surface area (TPSA) is 34.1 Å². The minimum Gasteiger partial charge on any atom is -0.381 e. The van der Waals surface area contributed by atoms with Gasteiger partial charge in [-0.2, -0.15) is 0 Å². The number of nitrogens with zero attached hydrogens (tertiary/aromatic N) is 1. The van der Waals surface area contributed by atoms with Crippen molar-refractivity contribution in [1.82, 2.24) is 10.3 Å². The first-order valence-corrected chi connectivity index (χ1v) is 6.74. The van der Waals surface area contributed by atoms with Crippen LogP contribution in [0.3, 0.4) is 0 Å². The molecule has 1 aliphatic carbocycles. The highest BCUT2D eigenvalue weighted by Gasteiger charge is 2.23. The Bertz CT molecular complexity index is 351. The summed E-state index contributed by atoms with van der Waals surface area (Å²) in [4.78, 5) is 6.24. The predicted molar refractivity (Wildman–Crippen MR) is 67.0 cm³/mol. The first kappa shape index (κ1) is 12.0. The summed E-state index contributed by atoms with van der Waals surface area (Å²) < 4.78 is 5.29. The fourth-order valence-corrected chi connectivity index (χ4v) is 3.45. The van der Waals surface area contributed by atoms with Gasteiger partial charge in [-0.1, -0.05) is 0 Å². The van der Waals surface area contributed by atoms with Crippen molar-refractivity contribution >= 4 is 11.3 Å². The van der Waals surface area contributed by atoms with Crippen LogP contribution in [0.4, 0.5) is 0 Å². The molecule has 1 N–H and O–H groups in total. The third-order valence-corrected chi connectivity index (χ3v) is 4.36. The monoisotopic (exact) mass is 240 g/mol. The molecule has 4 heteroatoms. The molecule has 3 nitrogen and oxygen atoms in total. The zero-order chi connectivity index (χ0) is 11.5. The number of hydrogen-bond acceptors (Lipinski definition) is 4. The SMILES string of the molecule is CNC1CCCc2sc(CC(C)OC)nc21. The summed E-state index contributed by atoms with van der Waals surface area (Å²) in [6.07, 6.45) is 4.89. The van der Waals surface area contributed by atoms with Crippen LogP contribution in [-0.2, 0) is 17.6 Å². The number of nitrogens with one attached hydrogen (secondary N) is 1. The number of aryl methyl sites for hydroxylation is 1. The molecule has 2 rings (SSSR count). The van der Waals surface area contributed by atoms with Crippen molar-refractivity contribution in [2.24, 2.45) is 0 Å². The van der Waals surface area contributed by atoms with Gasteiger partial charge >= 0.3 is 0 Å². The Labute approximate surface area is 101 Å². The van der Waals surface area contributed by atoms with Gasteiger partial charge < -0.3 is 10.1 Å². The van der Waals surface area contributed by atoms with Gasteiger partial charge in [-0.15, -0.1) is 11.3 Å². The zero-order valence-electron chi connectivity index (χ0n) is 10.2. The smallest absolute Gasteiger partial charge is 0.0957 e. The maximum Gasteiger partial charge on any atom is 0.0957 e. The lowest BCUT2D eigenvalue weighted by Gasteiger charge is -2.19. The van der Waals surface area contributed by atoms with Gasteiger partial charge in [-0.25, -0.2) is 4.98 Å². The molecule has 1 aromatic heterocycles. The molecular formula is C12H20N2OS. The molecule has 2 unspecified atom stereocenters. The second-order valence-electron chi connectivity index (χ2n) is 4.40. The summed E-state index contributed by atoms with van der Waals surface area (Å²) in [5.41, 5.74) is 1.29. The highest BCUT2D eigenvalue weighted by molar-refractivity contribution is 7.11. The normalized spacial score (nSPS) is 21.8. The molecule has 0 aliphatic heterocycles. The fraction of sp³-hybridized carbons (Fsp3) is 0.750. The third kappa shape index (κ3) is 2.44. The molecular weight excluding hydrogens is 220 g/mol.